The van der Waals surface area contributed by atoms with E-state index in [2.05, 4.69) is 22.9 Å². The van der Waals surface area contributed by atoms with Crippen LogP contribution in [-0.4, -0.2) is 36.4 Å². The number of aliphatic imine (C=N–C) groups is 1. The van der Waals surface area contributed by atoms with Crippen molar-refractivity contribution < 1.29 is 0 Å². The van der Waals surface area contributed by atoms with Crippen molar-refractivity contribution >= 4 is 6.21 Å². The molecule has 1 atom stereocenters. The van der Waals surface area contributed by atoms with Crippen LogP contribution in [0.5, 0.6) is 0 Å². The lowest BCUT2D eigenvalue weighted by Crippen LogP contribution is -2.47. The second-order valence-corrected chi connectivity index (χ2v) is 4.74. The van der Waals surface area contributed by atoms with E-state index in [4.69, 9.17) is 5.73 Å². The molecule has 0 radical (unpaired) electrons. The fourth-order valence-electron chi connectivity index (χ4n) is 2.56. The predicted molar refractivity (Wildman–Crippen MR) is 64.0 cm³/mol. The van der Waals surface area contributed by atoms with Gasteiger partial charge in [0.15, 0.2) is 0 Å². The molecule has 0 spiro atoms. The van der Waals surface area contributed by atoms with Gasteiger partial charge in [0.1, 0.15) is 5.66 Å². The lowest BCUT2D eigenvalue weighted by molar-refractivity contribution is 0.100. The molecule has 3 nitrogen and oxygen atoms in total. The Kier molecular flexibility index (Phi) is 3.22. The highest BCUT2D eigenvalue weighted by molar-refractivity contribution is 5.75. The summed E-state index contributed by atoms with van der Waals surface area (Å²) in [4.78, 5) is 7.00. The first-order valence-corrected chi connectivity index (χ1v) is 5.93. The van der Waals surface area contributed by atoms with Crippen LogP contribution in [-0.2, 0) is 0 Å². The maximum atomic E-state index is 5.59. The monoisotopic (exact) mass is 207 g/mol. The van der Waals surface area contributed by atoms with Crippen LogP contribution in [0.15, 0.2) is 17.1 Å². The molecule has 0 aliphatic carbocycles. The maximum Gasteiger partial charge on any atom is 0.129 e. The van der Waals surface area contributed by atoms with Crippen LogP contribution < -0.4 is 5.73 Å². The third kappa shape index (κ3) is 2.29. The van der Waals surface area contributed by atoms with E-state index >= 15 is 0 Å². The fraction of sp³-hybridized carbons (Fsp3) is 0.750. The van der Waals surface area contributed by atoms with E-state index in [1.54, 1.807) is 0 Å². The van der Waals surface area contributed by atoms with Crippen molar-refractivity contribution in [1.29, 1.82) is 0 Å². The summed E-state index contributed by atoms with van der Waals surface area (Å²) in [6, 6.07) is 0. The van der Waals surface area contributed by atoms with Crippen LogP contribution in [0.3, 0.4) is 0 Å². The van der Waals surface area contributed by atoms with Crippen molar-refractivity contribution in [3.63, 3.8) is 0 Å². The van der Waals surface area contributed by atoms with E-state index in [0.29, 0.717) is 0 Å². The molecule has 0 aromatic heterocycles. The second-order valence-electron chi connectivity index (χ2n) is 4.74. The molecular formula is C12H21N3. The molecule has 1 saturated heterocycles. The molecule has 2 aliphatic rings. The number of likely N-dealkylation sites (tertiary alicyclic amines) is 1. The first kappa shape index (κ1) is 10.8. The van der Waals surface area contributed by atoms with Crippen LogP contribution in [0.2, 0.25) is 0 Å². The lowest BCUT2D eigenvalue weighted by Gasteiger charge is -2.40. The van der Waals surface area contributed by atoms with Gasteiger partial charge in [-0.1, -0.05) is 0 Å². The summed E-state index contributed by atoms with van der Waals surface area (Å²) in [6.45, 7) is 5.34. The van der Waals surface area contributed by atoms with Crippen LogP contribution in [0.4, 0.5) is 0 Å². The molecule has 15 heavy (non-hydrogen) atoms. The van der Waals surface area contributed by atoms with Crippen molar-refractivity contribution in [2.45, 2.75) is 31.8 Å². The predicted octanol–water partition coefficient (Wildman–Crippen LogP) is 1.40. The summed E-state index contributed by atoms with van der Waals surface area (Å²) in [5.41, 5.74) is 5.53. The van der Waals surface area contributed by atoms with Gasteiger partial charge in [-0.15, -0.1) is 0 Å². The summed E-state index contributed by atoms with van der Waals surface area (Å²) in [7, 11) is 0. The summed E-state index contributed by atoms with van der Waals surface area (Å²) in [5, 5.41) is 0. The summed E-state index contributed by atoms with van der Waals surface area (Å²) in [6.07, 6.45) is 9.88. The molecule has 2 aliphatic heterocycles. The van der Waals surface area contributed by atoms with Crippen molar-refractivity contribution in [3.05, 3.63) is 12.2 Å². The average Bonchev–Trinajstić information content (AvgIpc) is 2.68. The van der Waals surface area contributed by atoms with Gasteiger partial charge in [0.2, 0.25) is 0 Å². The van der Waals surface area contributed by atoms with Gasteiger partial charge in [-0.2, -0.15) is 0 Å². The highest BCUT2D eigenvalue weighted by atomic mass is 15.3. The minimum Gasteiger partial charge on any atom is -0.330 e. The van der Waals surface area contributed by atoms with E-state index in [1.165, 1.54) is 19.3 Å². The van der Waals surface area contributed by atoms with Crippen molar-refractivity contribution in [2.75, 3.05) is 19.6 Å². The normalized spacial score (nSPS) is 32.7. The number of nitrogens with two attached hydrogens (primary N) is 1. The standard InChI is InChI=1S/C12H21N3/c1-12(6-2-8-14-12)15-9-4-11(3-7-13)5-10-15/h2,6,8,11H,3-5,7,9-10,13H2,1H3. The number of piperidine rings is 1. The van der Waals surface area contributed by atoms with Crippen LogP contribution >= 0.6 is 0 Å². The molecule has 1 unspecified atom stereocenters. The second kappa shape index (κ2) is 4.45. The van der Waals surface area contributed by atoms with Gasteiger partial charge in [0.25, 0.3) is 0 Å². The fourth-order valence-corrected chi connectivity index (χ4v) is 2.56. The Morgan fingerprint density at radius 3 is 2.73 bits per heavy atom. The van der Waals surface area contributed by atoms with Gasteiger partial charge in [-0.25, -0.2) is 0 Å². The van der Waals surface area contributed by atoms with Gasteiger partial charge in [0.05, 0.1) is 0 Å². The van der Waals surface area contributed by atoms with E-state index in [-0.39, 0.29) is 5.66 Å². The van der Waals surface area contributed by atoms with Gasteiger partial charge in [-0.05, 0) is 50.8 Å². The van der Waals surface area contributed by atoms with Crippen molar-refractivity contribution in [2.24, 2.45) is 16.6 Å². The molecular weight excluding hydrogens is 186 g/mol. The van der Waals surface area contributed by atoms with Gasteiger partial charge >= 0.3 is 0 Å². The van der Waals surface area contributed by atoms with E-state index in [1.807, 2.05) is 12.3 Å². The van der Waals surface area contributed by atoms with Crippen molar-refractivity contribution in [1.82, 2.24) is 4.90 Å². The van der Waals surface area contributed by atoms with Gasteiger partial charge in [0, 0.05) is 19.3 Å². The summed E-state index contributed by atoms with van der Waals surface area (Å²) in [5.74, 6) is 0.837. The Morgan fingerprint density at radius 1 is 1.47 bits per heavy atom. The molecule has 1 fully saturated rings. The minimum absolute atomic E-state index is 0.0618. The topological polar surface area (TPSA) is 41.6 Å². The first-order chi connectivity index (χ1) is 7.24. The van der Waals surface area contributed by atoms with E-state index in [9.17, 15) is 0 Å². The Morgan fingerprint density at radius 2 is 2.20 bits per heavy atom. The average molecular weight is 207 g/mol. The minimum atomic E-state index is -0.0618. The molecule has 0 saturated carbocycles. The summed E-state index contributed by atoms with van der Waals surface area (Å²) < 4.78 is 0. The highest BCUT2D eigenvalue weighted by Gasteiger charge is 2.32. The SMILES string of the molecule is CC1(N2CCC(CCN)CC2)C=CC=N1. The molecule has 0 aromatic carbocycles. The highest BCUT2D eigenvalue weighted by Crippen LogP contribution is 2.28. The molecule has 0 amide bonds. The number of allylic oxidation sites excluding steroid dienone is 1. The Bertz CT molecular complexity index is 250. The summed E-state index contributed by atoms with van der Waals surface area (Å²) >= 11 is 0. The van der Waals surface area contributed by atoms with Crippen LogP contribution in [0.1, 0.15) is 26.2 Å². The zero-order valence-corrected chi connectivity index (χ0v) is 9.52. The smallest absolute Gasteiger partial charge is 0.129 e. The van der Waals surface area contributed by atoms with Gasteiger partial charge in [-0.3, -0.25) is 9.89 Å². The molecule has 0 aromatic rings. The Balaban J connectivity index is 1.88. The Hall–Kier alpha value is -0.670. The van der Waals surface area contributed by atoms with Gasteiger partial charge < -0.3 is 5.73 Å². The third-order valence-corrected chi connectivity index (χ3v) is 3.66. The lowest BCUT2D eigenvalue weighted by atomic mass is 9.92. The number of hydrogen-bond donors (Lipinski definition) is 1. The Labute approximate surface area is 92.0 Å². The van der Waals surface area contributed by atoms with E-state index in [0.717, 1.165) is 25.6 Å². The zero-order valence-electron chi connectivity index (χ0n) is 9.52. The van der Waals surface area contributed by atoms with E-state index < -0.39 is 0 Å². The number of nitrogens with zero attached hydrogens (tertiary/aromatic N) is 2. The van der Waals surface area contributed by atoms with Crippen molar-refractivity contribution in [3.8, 4) is 0 Å². The van der Waals surface area contributed by atoms with Crippen LogP contribution in [0.25, 0.3) is 0 Å². The van der Waals surface area contributed by atoms with Crippen LogP contribution in [0, 0.1) is 5.92 Å². The molecule has 2 N–H and O–H groups in total. The molecule has 0 bridgehead atoms. The molecule has 2 heterocycles. The zero-order chi connectivity index (χ0) is 10.7. The number of hydrogen-bond acceptors (Lipinski definition) is 3. The largest absolute Gasteiger partial charge is 0.330 e. The quantitative estimate of drug-likeness (QED) is 0.760. The number of rotatable bonds is 3. The maximum absolute atomic E-state index is 5.59. The molecule has 3 heteroatoms. The first-order valence-electron chi connectivity index (χ1n) is 5.93. The molecule has 84 valence electrons. The third-order valence-electron chi connectivity index (χ3n) is 3.66. The molecule has 2 rings (SSSR count).